The lowest BCUT2D eigenvalue weighted by Crippen LogP contribution is -2.26. The Morgan fingerprint density at radius 2 is 1.89 bits per heavy atom. The molecule has 0 saturated heterocycles. The summed E-state index contributed by atoms with van der Waals surface area (Å²) in [5, 5.41) is 3.13. The second kappa shape index (κ2) is 7.78. The molecular formula is C23H25N3O. The summed E-state index contributed by atoms with van der Waals surface area (Å²) in [6.45, 7) is 2.81. The van der Waals surface area contributed by atoms with Crippen molar-refractivity contribution in [3.05, 3.63) is 89.0 Å². The Kier molecular flexibility index (Phi) is 5.05. The van der Waals surface area contributed by atoms with E-state index < -0.39 is 0 Å². The molecule has 1 heterocycles. The maximum atomic E-state index is 12.6. The van der Waals surface area contributed by atoms with Gasteiger partial charge in [0.2, 0.25) is 0 Å². The number of nitrogens with zero attached hydrogens (tertiary/aromatic N) is 2. The number of aromatic nitrogens is 2. The molecule has 1 aliphatic rings. The van der Waals surface area contributed by atoms with Crippen LogP contribution in [0.4, 0.5) is 0 Å². The van der Waals surface area contributed by atoms with Crippen molar-refractivity contribution in [3.8, 4) is 0 Å². The lowest BCUT2D eigenvalue weighted by Gasteiger charge is -2.20. The van der Waals surface area contributed by atoms with Crippen LogP contribution in [-0.2, 0) is 19.4 Å². The molecule has 4 heteroatoms. The van der Waals surface area contributed by atoms with Crippen LogP contribution < -0.4 is 5.32 Å². The highest BCUT2D eigenvalue weighted by Crippen LogP contribution is 2.25. The zero-order valence-corrected chi connectivity index (χ0v) is 15.7. The summed E-state index contributed by atoms with van der Waals surface area (Å²) in [5.74, 6) is -0.0330. The van der Waals surface area contributed by atoms with E-state index in [9.17, 15) is 4.79 Å². The number of imidazole rings is 1. The monoisotopic (exact) mass is 359 g/mol. The number of carbonyl (C=O) groups is 1. The van der Waals surface area contributed by atoms with Gasteiger partial charge in [0.25, 0.3) is 5.91 Å². The van der Waals surface area contributed by atoms with Gasteiger partial charge in [0.15, 0.2) is 0 Å². The van der Waals surface area contributed by atoms with Crippen LogP contribution >= 0.6 is 0 Å². The molecule has 0 radical (unpaired) electrons. The molecule has 0 spiro atoms. The zero-order chi connectivity index (χ0) is 18.6. The van der Waals surface area contributed by atoms with Gasteiger partial charge in [0, 0.05) is 24.5 Å². The number of benzene rings is 2. The summed E-state index contributed by atoms with van der Waals surface area (Å²) in [5.41, 5.74) is 5.93. The average Bonchev–Trinajstić information content (AvgIpc) is 3.21. The summed E-state index contributed by atoms with van der Waals surface area (Å²) in [6.07, 6.45) is 10.4. The van der Waals surface area contributed by atoms with Gasteiger partial charge < -0.3 is 9.88 Å². The number of amides is 1. The molecule has 0 fully saturated rings. The summed E-state index contributed by atoms with van der Waals surface area (Å²) in [7, 11) is 0. The summed E-state index contributed by atoms with van der Waals surface area (Å²) >= 11 is 0. The summed E-state index contributed by atoms with van der Waals surface area (Å²) in [6, 6.07) is 14.4. The second-order valence-corrected chi connectivity index (χ2v) is 7.36. The van der Waals surface area contributed by atoms with Gasteiger partial charge in [-0.25, -0.2) is 4.98 Å². The van der Waals surface area contributed by atoms with Crippen molar-refractivity contribution < 1.29 is 4.79 Å². The minimum atomic E-state index is -0.0330. The third-order valence-electron chi connectivity index (χ3n) is 5.36. The van der Waals surface area contributed by atoms with E-state index >= 15 is 0 Å². The van der Waals surface area contributed by atoms with Crippen molar-refractivity contribution in [1.82, 2.24) is 14.9 Å². The Morgan fingerprint density at radius 1 is 1.11 bits per heavy atom. The minimum Gasteiger partial charge on any atom is -0.346 e. The van der Waals surface area contributed by atoms with Crippen molar-refractivity contribution in [3.63, 3.8) is 0 Å². The fourth-order valence-corrected chi connectivity index (χ4v) is 3.74. The molecular weight excluding hydrogens is 334 g/mol. The quantitative estimate of drug-likeness (QED) is 0.738. The Balaban J connectivity index is 1.41. The van der Waals surface area contributed by atoms with Crippen molar-refractivity contribution in [2.45, 2.75) is 45.2 Å². The molecule has 0 aliphatic heterocycles. The van der Waals surface area contributed by atoms with E-state index in [1.165, 1.54) is 36.0 Å². The molecule has 138 valence electrons. The number of aryl methyl sites for hydroxylation is 2. The van der Waals surface area contributed by atoms with Gasteiger partial charge in [-0.15, -0.1) is 0 Å². The van der Waals surface area contributed by atoms with Crippen LogP contribution in [0.3, 0.4) is 0 Å². The molecule has 0 saturated carbocycles. The molecule has 1 amide bonds. The van der Waals surface area contributed by atoms with E-state index in [1.54, 1.807) is 12.5 Å². The Hall–Kier alpha value is -2.88. The predicted octanol–water partition coefficient (Wildman–Crippen LogP) is 4.30. The second-order valence-electron chi connectivity index (χ2n) is 7.36. The lowest BCUT2D eigenvalue weighted by atomic mass is 9.89. The molecule has 1 N–H and O–H groups in total. The molecule has 0 unspecified atom stereocenters. The van der Waals surface area contributed by atoms with Crippen molar-refractivity contribution in [2.24, 2.45) is 0 Å². The van der Waals surface area contributed by atoms with Crippen LogP contribution in [0.1, 0.15) is 58.4 Å². The Labute approximate surface area is 160 Å². The number of nitrogens with one attached hydrogen (secondary N) is 1. The van der Waals surface area contributed by atoms with E-state index in [-0.39, 0.29) is 11.9 Å². The molecule has 27 heavy (non-hydrogen) atoms. The van der Waals surface area contributed by atoms with Gasteiger partial charge in [0.05, 0.1) is 12.4 Å². The maximum Gasteiger partial charge on any atom is 0.251 e. The fraction of sp³-hybridized carbons (Fsp3) is 0.304. The number of fused-ring (bicyclic) bond motifs is 1. The largest absolute Gasteiger partial charge is 0.346 e. The first-order valence-electron chi connectivity index (χ1n) is 9.66. The highest BCUT2D eigenvalue weighted by atomic mass is 16.1. The normalized spacial score (nSPS) is 14.4. The fourth-order valence-electron chi connectivity index (χ4n) is 3.74. The van der Waals surface area contributed by atoms with Gasteiger partial charge in [-0.05, 0) is 67.0 Å². The van der Waals surface area contributed by atoms with Crippen LogP contribution in [-0.4, -0.2) is 15.5 Å². The number of hydrogen-bond acceptors (Lipinski definition) is 2. The minimum absolute atomic E-state index is 0.00430. The lowest BCUT2D eigenvalue weighted by molar-refractivity contribution is 0.0940. The third kappa shape index (κ3) is 4.11. The highest BCUT2D eigenvalue weighted by Gasteiger charge is 2.15. The predicted molar refractivity (Wildman–Crippen MR) is 107 cm³/mol. The highest BCUT2D eigenvalue weighted by molar-refractivity contribution is 5.94. The van der Waals surface area contributed by atoms with Gasteiger partial charge in [-0.2, -0.15) is 0 Å². The molecule has 1 atom stereocenters. The van der Waals surface area contributed by atoms with Crippen LogP contribution in [0.2, 0.25) is 0 Å². The summed E-state index contributed by atoms with van der Waals surface area (Å²) in [4.78, 5) is 16.7. The standard InChI is InChI=1S/C23H25N3O/c1-17(21-11-10-19-4-2-3-5-22(19)14-21)25-23(27)20-8-6-18(7-9-20)15-26-13-12-24-16-26/h6-14,16-17H,2-5,15H2,1H3,(H,25,27)/t17-/m1/s1. The Bertz CT molecular complexity index is 913. The van der Waals surface area contributed by atoms with Crippen LogP contribution in [0.5, 0.6) is 0 Å². The molecule has 1 aliphatic carbocycles. The molecule has 2 aromatic carbocycles. The Morgan fingerprint density at radius 3 is 2.63 bits per heavy atom. The van der Waals surface area contributed by atoms with Crippen molar-refractivity contribution in [1.29, 1.82) is 0 Å². The van der Waals surface area contributed by atoms with Crippen LogP contribution in [0.25, 0.3) is 0 Å². The first-order chi connectivity index (χ1) is 13.2. The van der Waals surface area contributed by atoms with Crippen LogP contribution in [0.15, 0.2) is 61.2 Å². The van der Waals surface area contributed by atoms with E-state index in [4.69, 9.17) is 0 Å². The third-order valence-corrected chi connectivity index (χ3v) is 5.36. The zero-order valence-electron chi connectivity index (χ0n) is 15.7. The number of hydrogen-bond donors (Lipinski definition) is 1. The first kappa shape index (κ1) is 17.5. The van der Waals surface area contributed by atoms with E-state index in [0.717, 1.165) is 18.5 Å². The van der Waals surface area contributed by atoms with E-state index in [0.29, 0.717) is 5.56 Å². The van der Waals surface area contributed by atoms with Crippen molar-refractivity contribution in [2.75, 3.05) is 0 Å². The van der Waals surface area contributed by atoms with E-state index in [2.05, 4.69) is 35.4 Å². The molecule has 4 rings (SSSR count). The van der Waals surface area contributed by atoms with Gasteiger partial charge in [0.1, 0.15) is 0 Å². The first-order valence-corrected chi connectivity index (χ1v) is 9.66. The number of rotatable bonds is 5. The maximum absolute atomic E-state index is 12.6. The molecule has 4 nitrogen and oxygen atoms in total. The topological polar surface area (TPSA) is 46.9 Å². The average molecular weight is 359 g/mol. The molecule has 0 bridgehead atoms. The van der Waals surface area contributed by atoms with E-state index in [1.807, 2.05) is 35.0 Å². The van der Waals surface area contributed by atoms with Crippen LogP contribution in [0, 0.1) is 0 Å². The van der Waals surface area contributed by atoms with Gasteiger partial charge in [-0.3, -0.25) is 4.79 Å². The summed E-state index contributed by atoms with van der Waals surface area (Å²) < 4.78 is 2.01. The number of carbonyl (C=O) groups excluding carboxylic acids is 1. The van der Waals surface area contributed by atoms with Gasteiger partial charge in [-0.1, -0.05) is 30.3 Å². The van der Waals surface area contributed by atoms with Crippen molar-refractivity contribution >= 4 is 5.91 Å². The SMILES string of the molecule is C[C@@H](NC(=O)c1ccc(Cn2ccnc2)cc1)c1ccc2c(c1)CCCC2. The van der Waals surface area contributed by atoms with Gasteiger partial charge >= 0.3 is 0 Å². The smallest absolute Gasteiger partial charge is 0.251 e. The molecule has 1 aromatic heterocycles. The molecule has 3 aromatic rings.